The topological polar surface area (TPSA) is 114 Å². The molecule has 0 unspecified atom stereocenters. The second-order valence-corrected chi connectivity index (χ2v) is 4.64. The molecule has 0 radical (unpaired) electrons. The van der Waals surface area contributed by atoms with Gasteiger partial charge in [0.05, 0.1) is 23.8 Å². The number of benzene rings is 2. The highest BCUT2D eigenvalue weighted by Crippen LogP contribution is 2.33. The first-order valence-electron chi connectivity index (χ1n) is 7.05. The van der Waals surface area contributed by atoms with Crippen molar-refractivity contribution in [1.29, 1.82) is 0 Å². The second-order valence-electron chi connectivity index (χ2n) is 4.64. The lowest BCUT2D eigenvalue weighted by molar-refractivity contribution is -0.385. The van der Waals surface area contributed by atoms with Crippen molar-refractivity contribution in [3.8, 4) is 11.5 Å². The van der Waals surface area contributed by atoms with Gasteiger partial charge in [0.25, 0.3) is 11.6 Å². The van der Waals surface area contributed by atoms with Crippen molar-refractivity contribution in [3.05, 3.63) is 63.7 Å². The van der Waals surface area contributed by atoms with Gasteiger partial charge in [-0.3, -0.25) is 14.9 Å². The molecule has 2 N–H and O–H groups in total. The average Bonchev–Trinajstić information content (AvgIpc) is 2.58. The number of hydrogen-bond acceptors (Lipinski definition) is 6. The number of amides is 1. The van der Waals surface area contributed by atoms with Gasteiger partial charge in [0.1, 0.15) is 0 Å². The number of nitro groups is 1. The highest BCUT2D eigenvalue weighted by Gasteiger charge is 2.16. The molecule has 0 saturated carbocycles. The van der Waals surface area contributed by atoms with Crippen LogP contribution in [0.1, 0.15) is 22.8 Å². The van der Waals surface area contributed by atoms with Gasteiger partial charge in [-0.2, -0.15) is 5.10 Å². The number of nitrogens with zero attached hydrogens (tertiary/aromatic N) is 2. The quantitative estimate of drug-likeness (QED) is 0.480. The van der Waals surface area contributed by atoms with Gasteiger partial charge in [0, 0.05) is 17.2 Å². The predicted molar refractivity (Wildman–Crippen MR) is 87.4 cm³/mol. The monoisotopic (exact) mass is 329 g/mol. The lowest BCUT2D eigenvalue weighted by Gasteiger charge is -2.07. The molecule has 0 aliphatic heterocycles. The van der Waals surface area contributed by atoms with Crippen LogP contribution in [0, 0.1) is 10.1 Å². The van der Waals surface area contributed by atoms with Crippen LogP contribution in [0.15, 0.2) is 47.6 Å². The number of nitro benzene ring substituents is 1. The van der Waals surface area contributed by atoms with E-state index in [1.165, 1.54) is 0 Å². The smallest absolute Gasteiger partial charge is 0.274 e. The van der Waals surface area contributed by atoms with Crippen LogP contribution >= 0.6 is 0 Å². The molecule has 0 bridgehead atoms. The largest absolute Gasteiger partial charge is 0.504 e. The third kappa shape index (κ3) is 4.07. The van der Waals surface area contributed by atoms with Crippen molar-refractivity contribution < 1.29 is 19.6 Å². The molecular formula is C16H15N3O5. The number of carbonyl (C=O) groups is 1. The number of rotatable bonds is 6. The van der Waals surface area contributed by atoms with Gasteiger partial charge in [-0.15, -0.1) is 0 Å². The summed E-state index contributed by atoms with van der Waals surface area (Å²) < 4.78 is 5.16. The fraction of sp³-hybridized carbons (Fsp3) is 0.125. The number of aromatic hydroxyl groups is 1. The lowest BCUT2D eigenvalue weighted by Crippen LogP contribution is -2.17. The average molecular weight is 329 g/mol. The summed E-state index contributed by atoms with van der Waals surface area (Å²) in [7, 11) is 0. The molecular weight excluding hydrogens is 314 g/mol. The summed E-state index contributed by atoms with van der Waals surface area (Å²) in [5.41, 5.74) is 2.49. The highest BCUT2D eigenvalue weighted by atomic mass is 16.6. The van der Waals surface area contributed by atoms with E-state index < -0.39 is 10.8 Å². The van der Waals surface area contributed by atoms with E-state index in [1.54, 1.807) is 37.3 Å². The maximum atomic E-state index is 11.8. The number of hydrogen-bond donors (Lipinski definition) is 2. The molecule has 0 atom stereocenters. The first-order chi connectivity index (χ1) is 11.5. The SMILES string of the molecule is CCOc1cc([N+](=O)[O-])cc(C=NNC(=O)c2ccccc2)c1O. The molecule has 124 valence electrons. The molecule has 8 heteroatoms. The molecule has 0 spiro atoms. The first-order valence-corrected chi connectivity index (χ1v) is 7.05. The van der Waals surface area contributed by atoms with E-state index in [1.807, 2.05) is 0 Å². The van der Waals surface area contributed by atoms with Crippen LogP contribution in [0.25, 0.3) is 0 Å². The Morgan fingerprint density at radius 2 is 2.08 bits per heavy atom. The molecule has 24 heavy (non-hydrogen) atoms. The number of phenolic OH excluding ortho intramolecular Hbond substituents is 1. The zero-order chi connectivity index (χ0) is 17.5. The summed E-state index contributed by atoms with van der Waals surface area (Å²) in [4.78, 5) is 22.2. The Bertz CT molecular complexity index is 775. The Hall–Kier alpha value is -3.42. The van der Waals surface area contributed by atoms with Gasteiger partial charge in [-0.05, 0) is 19.1 Å². The fourth-order valence-corrected chi connectivity index (χ4v) is 1.90. The minimum Gasteiger partial charge on any atom is -0.504 e. The molecule has 8 nitrogen and oxygen atoms in total. The molecule has 0 aliphatic carbocycles. The van der Waals surface area contributed by atoms with E-state index in [0.29, 0.717) is 5.56 Å². The minimum atomic E-state index is -0.609. The van der Waals surface area contributed by atoms with Crippen molar-refractivity contribution in [2.75, 3.05) is 6.61 Å². The summed E-state index contributed by atoms with van der Waals surface area (Å²) >= 11 is 0. The van der Waals surface area contributed by atoms with Gasteiger partial charge in [0.2, 0.25) is 0 Å². The number of ether oxygens (including phenoxy) is 1. The van der Waals surface area contributed by atoms with Crippen molar-refractivity contribution in [2.24, 2.45) is 5.10 Å². The van der Waals surface area contributed by atoms with Crippen molar-refractivity contribution in [3.63, 3.8) is 0 Å². The number of non-ortho nitro benzene ring substituents is 1. The van der Waals surface area contributed by atoms with E-state index in [9.17, 15) is 20.0 Å². The molecule has 2 aromatic carbocycles. The number of phenols is 1. The van der Waals surface area contributed by atoms with Crippen LogP contribution in [-0.4, -0.2) is 28.8 Å². The van der Waals surface area contributed by atoms with E-state index in [2.05, 4.69) is 10.5 Å². The summed E-state index contributed by atoms with van der Waals surface area (Å²) in [5.74, 6) is -0.760. The molecule has 0 aromatic heterocycles. The van der Waals surface area contributed by atoms with Crippen LogP contribution in [0.4, 0.5) is 5.69 Å². The van der Waals surface area contributed by atoms with Gasteiger partial charge in [0.15, 0.2) is 11.5 Å². The lowest BCUT2D eigenvalue weighted by atomic mass is 10.1. The van der Waals surface area contributed by atoms with Crippen molar-refractivity contribution in [1.82, 2.24) is 5.43 Å². The number of carbonyl (C=O) groups excluding carboxylic acids is 1. The zero-order valence-electron chi connectivity index (χ0n) is 12.8. The molecule has 0 fully saturated rings. The predicted octanol–water partition coefficient (Wildman–Crippen LogP) is 2.46. The van der Waals surface area contributed by atoms with Crippen LogP contribution in [-0.2, 0) is 0 Å². The van der Waals surface area contributed by atoms with Crippen LogP contribution in [0.2, 0.25) is 0 Å². The number of hydrazone groups is 1. The summed E-state index contributed by atoms with van der Waals surface area (Å²) in [6, 6.07) is 10.7. The second kappa shape index (κ2) is 7.73. The van der Waals surface area contributed by atoms with Gasteiger partial charge in [-0.1, -0.05) is 18.2 Å². The van der Waals surface area contributed by atoms with E-state index in [-0.39, 0.29) is 29.4 Å². The maximum Gasteiger partial charge on any atom is 0.274 e. The molecule has 1 amide bonds. The number of nitrogens with one attached hydrogen (secondary N) is 1. The maximum absolute atomic E-state index is 11.8. The summed E-state index contributed by atoms with van der Waals surface area (Å²) in [5, 5.41) is 24.7. The molecule has 0 heterocycles. The Balaban J connectivity index is 2.21. The first kappa shape index (κ1) is 16.9. The third-order valence-electron chi connectivity index (χ3n) is 3.01. The highest BCUT2D eigenvalue weighted by molar-refractivity contribution is 5.95. The van der Waals surface area contributed by atoms with Gasteiger partial charge < -0.3 is 9.84 Å². The molecule has 2 aromatic rings. The fourth-order valence-electron chi connectivity index (χ4n) is 1.90. The zero-order valence-corrected chi connectivity index (χ0v) is 12.8. The van der Waals surface area contributed by atoms with Gasteiger partial charge >= 0.3 is 0 Å². The Labute approximate surface area is 137 Å². The van der Waals surface area contributed by atoms with E-state index >= 15 is 0 Å². The summed E-state index contributed by atoms with van der Waals surface area (Å²) in [6.45, 7) is 1.92. The molecule has 0 aliphatic rings. The molecule has 0 saturated heterocycles. The standard InChI is InChI=1S/C16H15N3O5/c1-2-24-14-9-13(19(22)23)8-12(15(14)20)10-17-18-16(21)11-6-4-3-5-7-11/h3-10,20H,2H2,1H3,(H,18,21). The van der Waals surface area contributed by atoms with Crippen LogP contribution in [0.5, 0.6) is 11.5 Å². The van der Waals surface area contributed by atoms with E-state index in [0.717, 1.165) is 18.3 Å². The Kier molecular flexibility index (Phi) is 5.45. The van der Waals surface area contributed by atoms with Crippen LogP contribution in [0.3, 0.4) is 0 Å². The van der Waals surface area contributed by atoms with Crippen molar-refractivity contribution in [2.45, 2.75) is 6.92 Å². The van der Waals surface area contributed by atoms with Crippen LogP contribution < -0.4 is 10.2 Å². The van der Waals surface area contributed by atoms with Crippen molar-refractivity contribution >= 4 is 17.8 Å². The minimum absolute atomic E-state index is 0.0254. The normalized spacial score (nSPS) is 10.5. The van der Waals surface area contributed by atoms with E-state index in [4.69, 9.17) is 4.74 Å². The molecule has 2 rings (SSSR count). The van der Waals surface area contributed by atoms with Gasteiger partial charge in [-0.25, -0.2) is 5.43 Å². The third-order valence-corrected chi connectivity index (χ3v) is 3.01. The Morgan fingerprint density at radius 1 is 1.38 bits per heavy atom. The summed E-state index contributed by atoms with van der Waals surface area (Å²) in [6.07, 6.45) is 1.12. The Morgan fingerprint density at radius 3 is 2.71 bits per heavy atom.